The zero-order valence-electron chi connectivity index (χ0n) is 9.23. The molecule has 0 bridgehead atoms. The summed E-state index contributed by atoms with van der Waals surface area (Å²) in [5.41, 5.74) is -0.0128. The SMILES string of the molecule is NNC(=O)CSc1ccc(C(F)(F)F)cc1[N+](=O)[O-]. The fourth-order valence-corrected chi connectivity index (χ4v) is 1.96. The van der Waals surface area contributed by atoms with Gasteiger partial charge in [0.25, 0.3) is 5.69 Å². The van der Waals surface area contributed by atoms with E-state index in [0.29, 0.717) is 6.07 Å². The third kappa shape index (κ3) is 4.10. The van der Waals surface area contributed by atoms with Gasteiger partial charge in [0.05, 0.1) is 21.1 Å². The largest absolute Gasteiger partial charge is 0.416 e. The van der Waals surface area contributed by atoms with Crippen LogP contribution in [0, 0.1) is 10.1 Å². The van der Waals surface area contributed by atoms with Crippen molar-refractivity contribution in [3.05, 3.63) is 33.9 Å². The number of carbonyl (C=O) groups is 1. The van der Waals surface area contributed by atoms with Crippen molar-refractivity contribution in [1.29, 1.82) is 0 Å². The van der Waals surface area contributed by atoms with E-state index in [0.717, 1.165) is 23.9 Å². The summed E-state index contributed by atoms with van der Waals surface area (Å²) in [5.74, 6) is 3.99. The summed E-state index contributed by atoms with van der Waals surface area (Å²) in [6.45, 7) is 0. The predicted molar refractivity (Wildman–Crippen MR) is 61.2 cm³/mol. The van der Waals surface area contributed by atoms with Crippen molar-refractivity contribution in [3.8, 4) is 0 Å². The van der Waals surface area contributed by atoms with Gasteiger partial charge in [-0.2, -0.15) is 13.2 Å². The van der Waals surface area contributed by atoms with Crippen LogP contribution in [0.15, 0.2) is 23.1 Å². The van der Waals surface area contributed by atoms with E-state index in [4.69, 9.17) is 5.84 Å². The molecule has 0 aliphatic heterocycles. The summed E-state index contributed by atoms with van der Waals surface area (Å²) < 4.78 is 37.3. The summed E-state index contributed by atoms with van der Waals surface area (Å²) in [5, 5.41) is 10.7. The van der Waals surface area contributed by atoms with Gasteiger partial charge in [0.2, 0.25) is 5.91 Å². The number of nitro groups is 1. The Morgan fingerprint density at radius 1 is 1.47 bits per heavy atom. The van der Waals surface area contributed by atoms with Crippen molar-refractivity contribution in [2.45, 2.75) is 11.1 Å². The van der Waals surface area contributed by atoms with Crippen molar-refractivity contribution < 1.29 is 22.9 Å². The lowest BCUT2D eigenvalue weighted by molar-refractivity contribution is -0.388. The van der Waals surface area contributed by atoms with Crippen LogP contribution in [0.1, 0.15) is 5.56 Å². The smallest absolute Gasteiger partial charge is 0.294 e. The number of nitro benzene ring substituents is 1. The van der Waals surface area contributed by atoms with Crippen LogP contribution < -0.4 is 11.3 Å². The molecule has 0 saturated carbocycles. The second kappa shape index (κ2) is 5.89. The second-order valence-electron chi connectivity index (χ2n) is 3.29. The molecule has 0 aromatic heterocycles. The molecule has 0 atom stereocenters. The highest BCUT2D eigenvalue weighted by Crippen LogP contribution is 2.36. The fourth-order valence-electron chi connectivity index (χ4n) is 1.14. The quantitative estimate of drug-likeness (QED) is 0.289. The van der Waals surface area contributed by atoms with Crippen LogP contribution in [-0.4, -0.2) is 16.6 Å². The molecule has 10 heteroatoms. The number of nitrogens with two attached hydrogens (primary N) is 1. The standard InChI is InChI=1S/C9H8F3N3O3S/c10-9(11,12)5-1-2-7(6(3-5)15(17)18)19-4-8(16)14-13/h1-3H,4,13H2,(H,14,16). The van der Waals surface area contributed by atoms with Crippen LogP contribution in [0.3, 0.4) is 0 Å². The molecule has 0 aliphatic carbocycles. The molecule has 3 N–H and O–H groups in total. The van der Waals surface area contributed by atoms with Crippen molar-refractivity contribution >= 4 is 23.4 Å². The number of alkyl halides is 3. The van der Waals surface area contributed by atoms with Gasteiger partial charge < -0.3 is 0 Å². The summed E-state index contributed by atoms with van der Waals surface area (Å²) in [6, 6.07) is 2.10. The molecule has 0 spiro atoms. The highest BCUT2D eigenvalue weighted by Gasteiger charge is 2.33. The molecule has 0 saturated heterocycles. The van der Waals surface area contributed by atoms with Crippen LogP contribution in [-0.2, 0) is 11.0 Å². The first-order chi connectivity index (χ1) is 8.75. The van der Waals surface area contributed by atoms with Crippen molar-refractivity contribution in [2.24, 2.45) is 5.84 Å². The first kappa shape index (κ1) is 15.2. The molecule has 0 fully saturated rings. The van der Waals surface area contributed by atoms with E-state index in [1.807, 2.05) is 5.43 Å². The molecule has 0 aliphatic rings. The highest BCUT2D eigenvalue weighted by atomic mass is 32.2. The average Bonchev–Trinajstić information content (AvgIpc) is 2.34. The van der Waals surface area contributed by atoms with Gasteiger partial charge in [-0.05, 0) is 12.1 Å². The third-order valence-corrected chi connectivity index (χ3v) is 3.07. The maximum Gasteiger partial charge on any atom is 0.416 e. The van der Waals surface area contributed by atoms with Crippen molar-refractivity contribution in [2.75, 3.05) is 5.75 Å². The Bertz CT molecular complexity index is 507. The molecule has 1 aromatic rings. The molecular formula is C9H8F3N3O3S. The van der Waals surface area contributed by atoms with Crippen LogP contribution in [0.25, 0.3) is 0 Å². The van der Waals surface area contributed by atoms with E-state index < -0.39 is 28.3 Å². The minimum atomic E-state index is -4.66. The van der Waals surface area contributed by atoms with E-state index in [9.17, 15) is 28.1 Å². The van der Waals surface area contributed by atoms with Gasteiger partial charge >= 0.3 is 6.18 Å². The number of nitrogens with one attached hydrogen (secondary N) is 1. The fraction of sp³-hybridized carbons (Fsp3) is 0.222. The Balaban J connectivity index is 3.05. The van der Waals surface area contributed by atoms with Gasteiger partial charge in [-0.3, -0.25) is 20.3 Å². The van der Waals surface area contributed by atoms with Crippen LogP contribution >= 0.6 is 11.8 Å². The van der Waals surface area contributed by atoms with Gasteiger partial charge in [-0.15, -0.1) is 11.8 Å². The number of rotatable bonds is 4. The zero-order valence-corrected chi connectivity index (χ0v) is 10.0. The minimum Gasteiger partial charge on any atom is -0.294 e. The van der Waals surface area contributed by atoms with Crippen LogP contribution in [0.5, 0.6) is 0 Å². The Morgan fingerprint density at radius 2 is 2.11 bits per heavy atom. The maximum atomic E-state index is 12.4. The van der Waals surface area contributed by atoms with Crippen LogP contribution in [0.4, 0.5) is 18.9 Å². The molecule has 19 heavy (non-hydrogen) atoms. The third-order valence-electron chi connectivity index (χ3n) is 2.00. The number of carbonyl (C=O) groups excluding carboxylic acids is 1. The molecule has 1 amide bonds. The molecule has 6 nitrogen and oxygen atoms in total. The van der Waals surface area contributed by atoms with Gasteiger partial charge in [0.1, 0.15) is 0 Å². The molecule has 1 rings (SSSR count). The van der Waals surface area contributed by atoms with E-state index in [2.05, 4.69) is 0 Å². The Kier molecular flexibility index (Phi) is 4.72. The summed E-state index contributed by atoms with van der Waals surface area (Å²) >= 11 is 0.726. The summed E-state index contributed by atoms with van der Waals surface area (Å²) in [7, 11) is 0. The molecule has 0 heterocycles. The Hall–Kier alpha value is -1.81. The molecule has 1 aromatic carbocycles. The Labute approximate surface area is 109 Å². The van der Waals surface area contributed by atoms with E-state index in [1.165, 1.54) is 0 Å². The normalized spacial score (nSPS) is 11.2. The lowest BCUT2D eigenvalue weighted by Crippen LogP contribution is -2.31. The number of halogens is 3. The lowest BCUT2D eigenvalue weighted by Gasteiger charge is -2.08. The zero-order chi connectivity index (χ0) is 14.6. The van der Waals surface area contributed by atoms with Gasteiger partial charge in [0.15, 0.2) is 0 Å². The van der Waals surface area contributed by atoms with Crippen LogP contribution in [0.2, 0.25) is 0 Å². The first-order valence-corrected chi connectivity index (χ1v) is 5.72. The number of nitrogens with zero attached hydrogens (tertiary/aromatic N) is 1. The number of thioether (sulfide) groups is 1. The van der Waals surface area contributed by atoms with E-state index in [1.54, 1.807) is 0 Å². The number of hydrogen-bond acceptors (Lipinski definition) is 5. The van der Waals surface area contributed by atoms with E-state index >= 15 is 0 Å². The second-order valence-corrected chi connectivity index (χ2v) is 4.31. The van der Waals surface area contributed by atoms with Gasteiger partial charge in [-0.1, -0.05) is 0 Å². The summed E-state index contributed by atoms with van der Waals surface area (Å²) in [6.07, 6.45) is -4.66. The number of hydrazine groups is 1. The highest BCUT2D eigenvalue weighted by molar-refractivity contribution is 8.00. The Morgan fingerprint density at radius 3 is 2.58 bits per heavy atom. The predicted octanol–water partition coefficient (Wildman–Crippen LogP) is 1.70. The van der Waals surface area contributed by atoms with Crippen molar-refractivity contribution in [1.82, 2.24) is 5.43 Å². The summed E-state index contributed by atoms with van der Waals surface area (Å²) in [4.78, 5) is 20.6. The molecule has 0 unspecified atom stereocenters. The molecule has 0 radical (unpaired) electrons. The van der Waals surface area contributed by atoms with E-state index in [-0.39, 0.29) is 10.6 Å². The number of benzene rings is 1. The first-order valence-electron chi connectivity index (χ1n) is 4.73. The maximum absolute atomic E-state index is 12.4. The monoisotopic (exact) mass is 295 g/mol. The average molecular weight is 295 g/mol. The lowest BCUT2D eigenvalue weighted by atomic mass is 10.2. The topological polar surface area (TPSA) is 98.3 Å². The number of hydrogen-bond donors (Lipinski definition) is 2. The van der Waals surface area contributed by atoms with Crippen molar-refractivity contribution in [3.63, 3.8) is 0 Å². The molecular weight excluding hydrogens is 287 g/mol. The molecule has 104 valence electrons. The minimum absolute atomic E-state index is 0.0402. The number of amides is 1. The van der Waals surface area contributed by atoms with Gasteiger partial charge in [-0.25, -0.2) is 5.84 Å². The van der Waals surface area contributed by atoms with Gasteiger partial charge in [0, 0.05) is 6.07 Å².